The van der Waals surface area contributed by atoms with Gasteiger partial charge in [-0.1, -0.05) is 6.07 Å². The number of Topliss-reactive ketones (excluding diaryl/α,β-unsaturated/α-hetero) is 1. The standard InChI is InChI=1S/C6H5BF3O2.K/c1-4(11)5-2-3-6(12-5)7(8,9)10;/h2-3H,1H3;/q-1;+1. The molecule has 0 saturated heterocycles. The molecule has 66 valence electrons. The molecule has 1 heterocycles. The Labute approximate surface area is 115 Å². The van der Waals surface area contributed by atoms with Gasteiger partial charge in [0.1, 0.15) is 0 Å². The molecule has 0 N–H and O–H groups in total. The first-order chi connectivity index (χ1) is 5.41. The first kappa shape index (κ1) is 13.4. The fourth-order valence-corrected chi connectivity index (χ4v) is 0.718. The summed E-state index contributed by atoms with van der Waals surface area (Å²) in [5.41, 5.74) is -1.08. The topological polar surface area (TPSA) is 30.2 Å². The molecule has 0 aliphatic heterocycles. The van der Waals surface area contributed by atoms with E-state index in [4.69, 9.17) is 0 Å². The van der Waals surface area contributed by atoms with Crippen LogP contribution in [0.5, 0.6) is 0 Å². The average Bonchev–Trinajstić information content (AvgIpc) is 2.30. The van der Waals surface area contributed by atoms with Crippen LogP contribution in [0.3, 0.4) is 0 Å². The van der Waals surface area contributed by atoms with E-state index in [1.807, 2.05) is 0 Å². The molecule has 0 fully saturated rings. The van der Waals surface area contributed by atoms with Crippen molar-refractivity contribution in [3.63, 3.8) is 0 Å². The molecule has 0 spiro atoms. The Morgan fingerprint density at radius 2 is 1.92 bits per heavy atom. The van der Waals surface area contributed by atoms with Crippen molar-refractivity contribution in [1.29, 1.82) is 0 Å². The van der Waals surface area contributed by atoms with Gasteiger partial charge in [0.2, 0.25) is 0 Å². The largest absolute Gasteiger partial charge is 1.00 e. The molecule has 0 atom stereocenters. The molecule has 0 aromatic carbocycles. The van der Waals surface area contributed by atoms with E-state index in [1.165, 1.54) is 0 Å². The van der Waals surface area contributed by atoms with Crippen LogP contribution >= 0.6 is 0 Å². The van der Waals surface area contributed by atoms with Gasteiger partial charge in [-0.25, -0.2) is 0 Å². The van der Waals surface area contributed by atoms with Gasteiger partial charge in [0.05, 0.1) is 0 Å². The normalized spacial score (nSPS) is 10.8. The molecule has 1 aromatic heterocycles. The zero-order valence-electron chi connectivity index (χ0n) is 7.18. The first-order valence-electron chi connectivity index (χ1n) is 3.22. The molecule has 0 radical (unpaired) electrons. The van der Waals surface area contributed by atoms with E-state index in [0.717, 1.165) is 19.1 Å². The Morgan fingerprint density at radius 3 is 2.15 bits per heavy atom. The average molecular weight is 216 g/mol. The maximum Gasteiger partial charge on any atom is 1.00 e. The van der Waals surface area contributed by atoms with Crippen LogP contribution in [-0.4, -0.2) is 12.8 Å². The Kier molecular flexibility index (Phi) is 4.95. The van der Waals surface area contributed by atoms with Crippen molar-refractivity contribution in [3.05, 3.63) is 17.9 Å². The number of rotatable bonds is 2. The third kappa shape index (κ3) is 3.59. The smallest absolute Gasteiger partial charge is 0.490 e. The Morgan fingerprint density at radius 1 is 1.38 bits per heavy atom. The van der Waals surface area contributed by atoms with Gasteiger partial charge in [-0.15, -0.1) is 0 Å². The molecule has 1 aromatic rings. The second-order valence-electron chi connectivity index (χ2n) is 2.33. The maximum absolute atomic E-state index is 11.9. The first-order valence-corrected chi connectivity index (χ1v) is 3.22. The van der Waals surface area contributed by atoms with E-state index >= 15 is 0 Å². The van der Waals surface area contributed by atoms with Crippen molar-refractivity contribution < 1.29 is 73.5 Å². The van der Waals surface area contributed by atoms with Crippen molar-refractivity contribution in [2.75, 3.05) is 0 Å². The number of halogens is 3. The van der Waals surface area contributed by atoms with Crippen molar-refractivity contribution >= 4 is 18.4 Å². The van der Waals surface area contributed by atoms with Crippen molar-refractivity contribution in [3.8, 4) is 0 Å². The van der Waals surface area contributed by atoms with Crippen LogP contribution in [0.15, 0.2) is 16.5 Å². The van der Waals surface area contributed by atoms with Crippen LogP contribution in [0.25, 0.3) is 0 Å². The van der Waals surface area contributed by atoms with Gasteiger partial charge >= 0.3 is 58.4 Å². The molecule has 0 aliphatic rings. The van der Waals surface area contributed by atoms with Crippen LogP contribution in [0.4, 0.5) is 12.9 Å². The summed E-state index contributed by atoms with van der Waals surface area (Å²) in [6, 6.07) is 1.78. The number of carbonyl (C=O) groups is 1. The maximum atomic E-state index is 11.9. The molecule has 0 aliphatic carbocycles. The van der Waals surface area contributed by atoms with Crippen LogP contribution in [0.1, 0.15) is 17.5 Å². The van der Waals surface area contributed by atoms with Gasteiger partial charge in [0.15, 0.2) is 11.5 Å². The molecular weight excluding hydrogens is 211 g/mol. The summed E-state index contributed by atoms with van der Waals surface area (Å²) < 4.78 is 40.0. The summed E-state index contributed by atoms with van der Waals surface area (Å²) in [4.78, 5) is 10.5. The SMILES string of the molecule is CC(=O)c1ccc([B-](F)(F)F)o1.[K+]. The van der Waals surface area contributed by atoms with Gasteiger partial charge in [-0.3, -0.25) is 4.79 Å². The molecule has 0 unspecified atom stereocenters. The number of carbonyl (C=O) groups excluding carboxylic acids is 1. The zero-order valence-corrected chi connectivity index (χ0v) is 10.3. The van der Waals surface area contributed by atoms with E-state index in [1.54, 1.807) is 0 Å². The summed E-state index contributed by atoms with van der Waals surface area (Å²) in [5.74, 6) is -0.773. The molecule has 7 heteroatoms. The van der Waals surface area contributed by atoms with Gasteiger partial charge < -0.3 is 17.4 Å². The molecule has 0 amide bonds. The van der Waals surface area contributed by atoms with E-state index in [0.29, 0.717) is 0 Å². The van der Waals surface area contributed by atoms with Crippen molar-refractivity contribution in [1.82, 2.24) is 0 Å². The molecular formula is C6H5BF3KO2. The molecule has 13 heavy (non-hydrogen) atoms. The second-order valence-corrected chi connectivity index (χ2v) is 2.33. The second kappa shape index (κ2) is 4.79. The predicted molar refractivity (Wildman–Crippen MR) is 37.4 cm³/mol. The van der Waals surface area contributed by atoms with E-state index in [-0.39, 0.29) is 57.1 Å². The number of ketones is 1. The monoisotopic (exact) mass is 216 g/mol. The van der Waals surface area contributed by atoms with Crippen LogP contribution in [0.2, 0.25) is 0 Å². The molecule has 0 saturated carbocycles. The summed E-state index contributed by atoms with van der Waals surface area (Å²) in [7, 11) is 0. The summed E-state index contributed by atoms with van der Waals surface area (Å²) in [5, 5.41) is 0. The molecule has 1 rings (SSSR count). The summed E-state index contributed by atoms with van der Waals surface area (Å²) >= 11 is 0. The van der Waals surface area contributed by atoms with Gasteiger partial charge in [-0.2, -0.15) is 0 Å². The minimum atomic E-state index is -5.13. The zero-order chi connectivity index (χ0) is 9.35. The molecule has 0 bridgehead atoms. The molecule has 2 nitrogen and oxygen atoms in total. The number of furan rings is 1. The fraction of sp³-hybridized carbons (Fsp3) is 0.167. The van der Waals surface area contributed by atoms with E-state index in [2.05, 4.69) is 4.42 Å². The summed E-state index contributed by atoms with van der Waals surface area (Å²) in [6.45, 7) is -3.99. The van der Waals surface area contributed by atoms with Crippen molar-refractivity contribution in [2.45, 2.75) is 6.92 Å². The Hall–Kier alpha value is 0.441. The van der Waals surface area contributed by atoms with Crippen LogP contribution in [0, 0.1) is 0 Å². The number of hydrogen-bond donors (Lipinski definition) is 0. The quantitative estimate of drug-likeness (QED) is 0.446. The minimum Gasteiger partial charge on any atom is -0.490 e. The van der Waals surface area contributed by atoms with Gasteiger partial charge in [-0.05, 0) is 6.07 Å². The van der Waals surface area contributed by atoms with Crippen LogP contribution in [-0.2, 0) is 0 Å². The summed E-state index contributed by atoms with van der Waals surface area (Å²) in [6.07, 6.45) is 0. The predicted octanol–water partition coefficient (Wildman–Crippen LogP) is -1.46. The van der Waals surface area contributed by atoms with E-state index < -0.39 is 18.4 Å². The minimum absolute atomic E-state index is 0. The van der Waals surface area contributed by atoms with Crippen molar-refractivity contribution in [2.24, 2.45) is 0 Å². The van der Waals surface area contributed by atoms with E-state index in [9.17, 15) is 17.7 Å². The Bertz CT molecular complexity index is 307. The third-order valence-electron chi connectivity index (χ3n) is 1.30. The van der Waals surface area contributed by atoms with Gasteiger partial charge in [0.25, 0.3) is 0 Å². The van der Waals surface area contributed by atoms with Gasteiger partial charge in [0, 0.05) is 12.6 Å². The van der Waals surface area contributed by atoms with Crippen LogP contribution < -0.4 is 57.0 Å². The fourth-order valence-electron chi connectivity index (χ4n) is 0.718. The Balaban J connectivity index is 0.00000144. The number of hydrogen-bond acceptors (Lipinski definition) is 2. The third-order valence-corrected chi connectivity index (χ3v) is 1.30.